The molecular weight excluding hydrogens is 442 g/mol. The maximum absolute atomic E-state index is 12.0. The molecule has 0 atom stereocenters. The zero-order chi connectivity index (χ0) is 22.8. The van der Waals surface area contributed by atoms with Gasteiger partial charge in [0.05, 0.1) is 23.3 Å². The molecule has 12 heteroatoms. The predicted molar refractivity (Wildman–Crippen MR) is 123 cm³/mol. The van der Waals surface area contributed by atoms with Gasteiger partial charge < -0.3 is 20.9 Å². The quantitative estimate of drug-likeness (QED) is 0.559. The first-order valence-electron chi connectivity index (χ1n) is 9.76. The van der Waals surface area contributed by atoms with Crippen molar-refractivity contribution in [1.82, 2.24) is 14.9 Å². The van der Waals surface area contributed by atoms with E-state index in [9.17, 15) is 13.2 Å². The molecule has 0 bridgehead atoms. The molecule has 0 unspecified atom stereocenters. The average molecular weight is 468 g/mol. The van der Waals surface area contributed by atoms with Gasteiger partial charge in [0.15, 0.2) is 16.7 Å². The minimum Gasteiger partial charge on any atom is -0.367 e. The highest BCUT2D eigenvalue weighted by Gasteiger charge is 2.20. The summed E-state index contributed by atoms with van der Waals surface area (Å²) in [6.45, 7) is 5.13. The molecule has 1 aliphatic rings. The summed E-state index contributed by atoms with van der Waals surface area (Å²) in [5.74, 6) is -0.641. The van der Waals surface area contributed by atoms with E-state index in [4.69, 9.17) is 17.3 Å². The molecule has 4 N–H and O–H groups in total. The number of aryl methyl sites for hydroxylation is 1. The summed E-state index contributed by atoms with van der Waals surface area (Å²) >= 11 is 6.16. The largest absolute Gasteiger partial charge is 0.367 e. The molecule has 1 fully saturated rings. The first-order valence-corrected chi connectivity index (χ1v) is 12.0. The zero-order valence-electron chi connectivity index (χ0n) is 17.6. The Labute approximate surface area is 186 Å². The Morgan fingerprint density at radius 1 is 1.23 bits per heavy atom. The molecule has 168 valence electrons. The number of benzene rings is 1. The van der Waals surface area contributed by atoms with Crippen molar-refractivity contribution in [2.24, 2.45) is 5.73 Å². The number of carbonyl (C=O) groups is 1. The smallest absolute Gasteiger partial charge is 0.271 e. The number of anilines is 4. The fraction of sp³-hybridized carbons (Fsp3) is 0.421. The van der Waals surface area contributed by atoms with E-state index in [0.717, 1.165) is 38.1 Å². The maximum Gasteiger partial charge on any atom is 0.271 e. The van der Waals surface area contributed by atoms with Crippen LogP contribution >= 0.6 is 11.6 Å². The van der Waals surface area contributed by atoms with Gasteiger partial charge in [-0.15, -0.1) is 0 Å². The lowest BCUT2D eigenvalue weighted by Gasteiger charge is -2.35. The van der Waals surface area contributed by atoms with Crippen LogP contribution in [-0.4, -0.2) is 68.7 Å². The van der Waals surface area contributed by atoms with Crippen LogP contribution in [0.25, 0.3) is 0 Å². The van der Waals surface area contributed by atoms with Crippen molar-refractivity contribution >= 4 is 50.4 Å². The van der Waals surface area contributed by atoms with Crippen molar-refractivity contribution in [1.29, 1.82) is 0 Å². The summed E-state index contributed by atoms with van der Waals surface area (Å²) in [5.41, 5.74) is 7.57. The van der Waals surface area contributed by atoms with Gasteiger partial charge in [-0.3, -0.25) is 9.52 Å². The second-order valence-corrected chi connectivity index (χ2v) is 9.50. The van der Waals surface area contributed by atoms with Crippen molar-refractivity contribution in [3.05, 3.63) is 34.7 Å². The van der Waals surface area contributed by atoms with Crippen LogP contribution in [0.5, 0.6) is 0 Å². The number of primary amides is 1. The number of halogens is 1. The van der Waals surface area contributed by atoms with Crippen molar-refractivity contribution < 1.29 is 13.2 Å². The van der Waals surface area contributed by atoms with Crippen molar-refractivity contribution in [2.75, 3.05) is 54.4 Å². The molecule has 1 saturated heterocycles. The highest BCUT2D eigenvalue weighted by Crippen LogP contribution is 2.32. The van der Waals surface area contributed by atoms with E-state index in [-0.39, 0.29) is 16.7 Å². The number of likely N-dealkylation sites (N-methyl/N-ethyl adjacent to an activating group) is 1. The topological polar surface area (TPSA) is 134 Å². The summed E-state index contributed by atoms with van der Waals surface area (Å²) in [7, 11) is -1.47. The summed E-state index contributed by atoms with van der Waals surface area (Å²) < 4.78 is 26.5. The Kier molecular flexibility index (Phi) is 6.87. The third kappa shape index (κ3) is 5.75. The number of piperazine rings is 1. The van der Waals surface area contributed by atoms with Crippen LogP contribution < -0.4 is 20.7 Å². The number of rotatable bonds is 7. The van der Waals surface area contributed by atoms with Crippen LogP contribution in [0, 0.1) is 0 Å². The van der Waals surface area contributed by atoms with Crippen LogP contribution in [0.4, 0.5) is 22.9 Å². The Bertz CT molecular complexity index is 1090. The number of hydrogen-bond donors (Lipinski definition) is 3. The standard InChI is InChI=1S/C19H26ClN7O3S/c1-4-13-17(20)24-19(16(23-13)18(21)28)22-12-5-6-15(14(11-12)25-31(3,29)30)27-9-7-26(2)8-10-27/h5-6,11,25H,4,7-10H2,1-3H3,(H2,21,28)(H,22,24). The molecule has 31 heavy (non-hydrogen) atoms. The fourth-order valence-corrected chi connectivity index (χ4v) is 4.11. The molecule has 10 nitrogen and oxygen atoms in total. The second-order valence-electron chi connectivity index (χ2n) is 7.40. The number of amides is 1. The number of nitrogens with zero attached hydrogens (tertiary/aromatic N) is 4. The molecule has 3 rings (SSSR count). The fourth-order valence-electron chi connectivity index (χ4n) is 3.29. The average Bonchev–Trinajstić information content (AvgIpc) is 2.68. The van der Waals surface area contributed by atoms with Gasteiger partial charge in [0, 0.05) is 31.9 Å². The minimum atomic E-state index is -3.51. The first kappa shape index (κ1) is 23.0. The van der Waals surface area contributed by atoms with Gasteiger partial charge in [0.2, 0.25) is 10.0 Å². The van der Waals surface area contributed by atoms with Gasteiger partial charge in [0.1, 0.15) is 0 Å². The molecule has 1 aromatic heterocycles. The summed E-state index contributed by atoms with van der Waals surface area (Å²) in [6.07, 6.45) is 1.59. The van der Waals surface area contributed by atoms with Gasteiger partial charge in [-0.1, -0.05) is 18.5 Å². The van der Waals surface area contributed by atoms with E-state index in [0.29, 0.717) is 23.5 Å². The molecule has 0 spiro atoms. The van der Waals surface area contributed by atoms with Gasteiger partial charge in [-0.05, 0) is 31.7 Å². The van der Waals surface area contributed by atoms with Crippen LogP contribution in [-0.2, 0) is 16.4 Å². The Hall–Kier alpha value is -2.63. The first-order chi connectivity index (χ1) is 14.6. The molecule has 1 aliphatic heterocycles. The number of carbonyl (C=O) groups excluding carboxylic acids is 1. The Morgan fingerprint density at radius 3 is 2.48 bits per heavy atom. The zero-order valence-corrected chi connectivity index (χ0v) is 19.2. The number of nitrogens with one attached hydrogen (secondary N) is 2. The van der Waals surface area contributed by atoms with E-state index in [1.165, 1.54) is 0 Å². The summed E-state index contributed by atoms with van der Waals surface area (Å²) in [6, 6.07) is 5.23. The minimum absolute atomic E-state index is 0.0398. The van der Waals surface area contributed by atoms with Crippen LogP contribution in [0.2, 0.25) is 5.15 Å². The molecule has 0 radical (unpaired) electrons. The van der Waals surface area contributed by atoms with Crippen LogP contribution in [0.15, 0.2) is 18.2 Å². The Morgan fingerprint density at radius 2 is 1.90 bits per heavy atom. The van der Waals surface area contributed by atoms with Crippen LogP contribution in [0.3, 0.4) is 0 Å². The highest BCUT2D eigenvalue weighted by atomic mass is 35.5. The van der Waals surface area contributed by atoms with Gasteiger partial charge in [-0.2, -0.15) is 0 Å². The van der Waals surface area contributed by atoms with Crippen molar-refractivity contribution in [2.45, 2.75) is 13.3 Å². The maximum atomic E-state index is 12.0. The molecule has 1 amide bonds. The monoisotopic (exact) mass is 467 g/mol. The molecule has 1 aromatic carbocycles. The van der Waals surface area contributed by atoms with Gasteiger partial charge in [0.25, 0.3) is 5.91 Å². The molecule has 0 aliphatic carbocycles. The third-order valence-corrected chi connectivity index (χ3v) is 5.78. The predicted octanol–water partition coefficient (Wildman–Crippen LogP) is 1.66. The summed E-state index contributed by atoms with van der Waals surface area (Å²) in [4.78, 5) is 24.6. The second kappa shape index (κ2) is 9.25. The van der Waals surface area contributed by atoms with Gasteiger partial charge >= 0.3 is 0 Å². The molecule has 2 heterocycles. The van der Waals surface area contributed by atoms with Gasteiger partial charge in [-0.25, -0.2) is 18.4 Å². The van der Waals surface area contributed by atoms with E-state index in [1.54, 1.807) is 12.1 Å². The summed E-state index contributed by atoms with van der Waals surface area (Å²) in [5, 5.41) is 3.15. The van der Waals surface area contributed by atoms with E-state index in [1.807, 2.05) is 20.0 Å². The number of hydrogen-bond acceptors (Lipinski definition) is 8. The number of nitrogens with two attached hydrogens (primary N) is 1. The lowest BCUT2D eigenvalue weighted by atomic mass is 10.2. The molecule has 2 aromatic rings. The number of aromatic nitrogens is 2. The third-order valence-electron chi connectivity index (χ3n) is 4.89. The van der Waals surface area contributed by atoms with E-state index in [2.05, 4.69) is 29.8 Å². The SMILES string of the molecule is CCc1nc(C(N)=O)c(Nc2ccc(N3CCN(C)CC3)c(NS(C)(=O)=O)c2)nc1Cl. The van der Waals surface area contributed by atoms with Crippen molar-refractivity contribution in [3.63, 3.8) is 0 Å². The molecular formula is C19H26ClN7O3S. The lowest BCUT2D eigenvalue weighted by molar-refractivity contribution is 0.0996. The highest BCUT2D eigenvalue weighted by molar-refractivity contribution is 7.92. The molecule has 0 saturated carbocycles. The van der Waals surface area contributed by atoms with E-state index < -0.39 is 15.9 Å². The normalized spacial score (nSPS) is 15.0. The van der Waals surface area contributed by atoms with Crippen LogP contribution in [0.1, 0.15) is 23.1 Å². The van der Waals surface area contributed by atoms with E-state index >= 15 is 0 Å². The Balaban J connectivity index is 1.98. The number of sulfonamides is 1. The lowest BCUT2D eigenvalue weighted by Crippen LogP contribution is -2.44. The van der Waals surface area contributed by atoms with Crippen molar-refractivity contribution in [3.8, 4) is 0 Å².